The average molecular weight is 261 g/mol. The minimum Gasteiger partial charge on any atom is -0.508 e. The zero-order valence-electron chi connectivity index (χ0n) is 11.3. The number of benzene rings is 1. The lowest BCUT2D eigenvalue weighted by Crippen LogP contribution is -2.07. The van der Waals surface area contributed by atoms with Crippen molar-refractivity contribution in [3.8, 4) is 5.75 Å². The van der Waals surface area contributed by atoms with Crippen molar-refractivity contribution in [1.29, 1.82) is 0 Å². The van der Waals surface area contributed by atoms with Gasteiger partial charge in [-0.1, -0.05) is 13.3 Å². The first kappa shape index (κ1) is 13.5. The third kappa shape index (κ3) is 2.72. The van der Waals surface area contributed by atoms with E-state index in [1.807, 2.05) is 0 Å². The van der Waals surface area contributed by atoms with Crippen LogP contribution in [0.4, 0.5) is 0 Å². The van der Waals surface area contributed by atoms with E-state index in [4.69, 9.17) is 4.74 Å². The molecular weight excluding hydrogens is 242 g/mol. The van der Waals surface area contributed by atoms with Crippen LogP contribution >= 0.6 is 0 Å². The number of aromatic hydroxyl groups is 1. The van der Waals surface area contributed by atoms with Gasteiger partial charge in [0, 0.05) is 16.6 Å². The number of H-pyrrole nitrogens is 1. The highest BCUT2D eigenvalue weighted by Gasteiger charge is 2.19. The molecule has 0 saturated heterocycles. The van der Waals surface area contributed by atoms with E-state index in [1.165, 1.54) is 0 Å². The monoisotopic (exact) mass is 261 g/mol. The molecular formula is C15H19NO3. The van der Waals surface area contributed by atoms with E-state index >= 15 is 0 Å². The van der Waals surface area contributed by atoms with Crippen LogP contribution in [0, 0.1) is 0 Å². The van der Waals surface area contributed by atoms with Gasteiger partial charge in [0.2, 0.25) is 0 Å². The van der Waals surface area contributed by atoms with Crippen molar-refractivity contribution in [1.82, 2.24) is 4.98 Å². The van der Waals surface area contributed by atoms with Crippen molar-refractivity contribution >= 4 is 16.9 Å². The molecule has 0 fully saturated rings. The maximum Gasteiger partial charge on any atom is 0.340 e. The Morgan fingerprint density at radius 1 is 1.37 bits per heavy atom. The minimum absolute atomic E-state index is 0.152. The van der Waals surface area contributed by atoms with Gasteiger partial charge in [-0.2, -0.15) is 0 Å². The molecule has 1 aromatic heterocycles. The highest BCUT2D eigenvalue weighted by molar-refractivity contribution is 6.06. The third-order valence-corrected chi connectivity index (χ3v) is 3.12. The lowest BCUT2D eigenvalue weighted by Gasteiger charge is -2.04. The second kappa shape index (κ2) is 5.78. The lowest BCUT2D eigenvalue weighted by molar-refractivity contribution is 0.0527. The molecule has 102 valence electrons. The van der Waals surface area contributed by atoms with Crippen LogP contribution in [0.5, 0.6) is 5.75 Å². The Kier molecular flexibility index (Phi) is 4.10. The quantitative estimate of drug-likeness (QED) is 0.811. The van der Waals surface area contributed by atoms with Crippen LogP contribution in [0.2, 0.25) is 0 Å². The number of carbonyl (C=O) groups is 1. The number of rotatable bonds is 5. The average Bonchev–Trinajstić information content (AvgIpc) is 2.74. The first-order chi connectivity index (χ1) is 9.17. The Labute approximate surface area is 112 Å². The van der Waals surface area contributed by atoms with Crippen LogP contribution in [-0.4, -0.2) is 22.7 Å². The molecule has 2 N–H and O–H groups in total. The van der Waals surface area contributed by atoms with Crippen LogP contribution in [-0.2, 0) is 11.2 Å². The molecule has 0 amide bonds. The summed E-state index contributed by atoms with van der Waals surface area (Å²) >= 11 is 0. The normalized spacial score (nSPS) is 10.8. The van der Waals surface area contributed by atoms with Crippen LogP contribution in [0.25, 0.3) is 10.9 Å². The Balaban J connectivity index is 2.52. The smallest absolute Gasteiger partial charge is 0.340 e. The molecule has 0 radical (unpaired) electrons. The molecule has 0 bridgehead atoms. The van der Waals surface area contributed by atoms with E-state index in [-0.39, 0.29) is 11.7 Å². The molecule has 4 nitrogen and oxygen atoms in total. The molecule has 4 heteroatoms. The Morgan fingerprint density at radius 2 is 2.16 bits per heavy atom. The summed E-state index contributed by atoms with van der Waals surface area (Å²) in [5.74, 6) is -0.176. The number of aryl methyl sites for hydroxylation is 1. The number of fused-ring (bicyclic) bond motifs is 1. The summed E-state index contributed by atoms with van der Waals surface area (Å²) in [6.45, 7) is 4.24. The predicted molar refractivity (Wildman–Crippen MR) is 74.5 cm³/mol. The standard InChI is InChI=1S/C15H19NO3/c1-3-5-6-13-14(15(18)19-4-2)11-9-10(17)7-8-12(11)16-13/h7-9,16-17H,3-6H2,1-2H3. The molecule has 0 unspecified atom stereocenters. The van der Waals surface area contributed by atoms with Gasteiger partial charge in [0.1, 0.15) is 5.75 Å². The molecule has 19 heavy (non-hydrogen) atoms. The fourth-order valence-electron chi connectivity index (χ4n) is 2.21. The number of aromatic amines is 1. The van der Waals surface area contributed by atoms with Gasteiger partial charge in [-0.05, 0) is 38.0 Å². The van der Waals surface area contributed by atoms with Crippen LogP contribution in [0.3, 0.4) is 0 Å². The van der Waals surface area contributed by atoms with Gasteiger partial charge in [0.05, 0.1) is 12.2 Å². The van der Waals surface area contributed by atoms with Crippen molar-refractivity contribution in [2.45, 2.75) is 33.1 Å². The summed E-state index contributed by atoms with van der Waals surface area (Å²) < 4.78 is 5.11. The largest absolute Gasteiger partial charge is 0.508 e. The minimum atomic E-state index is -0.328. The SMILES string of the molecule is CCCCc1[nH]c2ccc(O)cc2c1C(=O)OCC. The number of phenols is 1. The number of aromatic nitrogens is 1. The first-order valence-electron chi connectivity index (χ1n) is 6.68. The predicted octanol–water partition coefficient (Wildman–Crippen LogP) is 3.39. The topological polar surface area (TPSA) is 62.3 Å². The molecule has 0 spiro atoms. The second-order valence-electron chi connectivity index (χ2n) is 4.53. The Bertz CT molecular complexity index is 586. The number of carbonyl (C=O) groups excluding carboxylic acids is 1. The van der Waals surface area contributed by atoms with Gasteiger partial charge in [0.15, 0.2) is 0 Å². The van der Waals surface area contributed by atoms with Crippen molar-refractivity contribution in [3.63, 3.8) is 0 Å². The summed E-state index contributed by atoms with van der Waals surface area (Å²) in [5, 5.41) is 10.3. The van der Waals surface area contributed by atoms with E-state index in [1.54, 1.807) is 25.1 Å². The highest BCUT2D eigenvalue weighted by Crippen LogP contribution is 2.27. The summed E-state index contributed by atoms with van der Waals surface area (Å²) in [6, 6.07) is 4.99. The maximum atomic E-state index is 12.1. The van der Waals surface area contributed by atoms with Crippen LogP contribution in [0.15, 0.2) is 18.2 Å². The van der Waals surface area contributed by atoms with Gasteiger partial charge in [-0.25, -0.2) is 4.79 Å². The number of phenolic OH excluding ortho intramolecular Hbond substituents is 1. The van der Waals surface area contributed by atoms with E-state index in [9.17, 15) is 9.90 Å². The zero-order chi connectivity index (χ0) is 13.8. The zero-order valence-corrected chi connectivity index (χ0v) is 11.3. The number of esters is 1. The van der Waals surface area contributed by atoms with Crippen LogP contribution < -0.4 is 0 Å². The molecule has 1 aromatic carbocycles. The molecule has 0 aliphatic carbocycles. The maximum absolute atomic E-state index is 12.1. The summed E-state index contributed by atoms with van der Waals surface area (Å²) in [6.07, 6.45) is 2.87. The van der Waals surface area contributed by atoms with Gasteiger partial charge in [-0.3, -0.25) is 0 Å². The van der Waals surface area contributed by atoms with Crippen molar-refractivity contribution in [2.75, 3.05) is 6.61 Å². The first-order valence-corrected chi connectivity index (χ1v) is 6.68. The summed E-state index contributed by atoms with van der Waals surface area (Å²) in [4.78, 5) is 15.3. The molecule has 0 aliphatic rings. The third-order valence-electron chi connectivity index (χ3n) is 3.12. The number of nitrogens with one attached hydrogen (secondary N) is 1. The number of unbranched alkanes of at least 4 members (excludes halogenated alkanes) is 1. The van der Waals surface area contributed by atoms with Crippen molar-refractivity contribution < 1.29 is 14.6 Å². The molecule has 2 rings (SSSR count). The summed E-state index contributed by atoms with van der Waals surface area (Å²) in [5.41, 5.74) is 2.30. The molecule has 1 heterocycles. The van der Waals surface area contributed by atoms with E-state index in [2.05, 4.69) is 11.9 Å². The Hall–Kier alpha value is -1.97. The number of hydrogen-bond donors (Lipinski definition) is 2. The van der Waals surface area contributed by atoms with Gasteiger partial charge < -0.3 is 14.8 Å². The Morgan fingerprint density at radius 3 is 2.84 bits per heavy atom. The fraction of sp³-hybridized carbons (Fsp3) is 0.400. The highest BCUT2D eigenvalue weighted by atomic mass is 16.5. The molecule has 0 atom stereocenters. The van der Waals surface area contributed by atoms with E-state index < -0.39 is 0 Å². The lowest BCUT2D eigenvalue weighted by atomic mass is 10.1. The number of ether oxygens (including phenoxy) is 1. The van der Waals surface area contributed by atoms with Crippen LogP contribution in [0.1, 0.15) is 42.7 Å². The molecule has 2 aromatic rings. The van der Waals surface area contributed by atoms with Crippen molar-refractivity contribution in [2.24, 2.45) is 0 Å². The molecule has 0 aliphatic heterocycles. The van der Waals surface area contributed by atoms with E-state index in [0.29, 0.717) is 12.2 Å². The van der Waals surface area contributed by atoms with Gasteiger partial charge in [0.25, 0.3) is 0 Å². The second-order valence-corrected chi connectivity index (χ2v) is 4.53. The molecule has 0 saturated carbocycles. The summed E-state index contributed by atoms with van der Waals surface area (Å²) in [7, 11) is 0. The fourth-order valence-corrected chi connectivity index (χ4v) is 2.21. The van der Waals surface area contributed by atoms with Crippen molar-refractivity contribution in [3.05, 3.63) is 29.5 Å². The van der Waals surface area contributed by atoms with Gasteiger partial charge in [-0.15, -0.1) is 0 Å². The van der Waals surface area contributed by atoms with E-state index in [0.717, 1.165) is 35.9 Å². The number of hydrogen-bond acceptors (Lipinski definition) is 3. The van der Waals surface area contributed by atoms with Gasteiger partial charge >= 0.3 is 5.97 Å².